The second kappa shape index (κ2) is 9.30. The predicted octanol–water partition coefficient (Wildman–Crippen LogP) is 0.629. The number of esters is 3. The molecule has 0 bridgehead atoms. The van der Waals surface area contributed by atoms with Crippen LogP contribution in [0.3, 0.4) is 0 Å². The summed E-state index contributed by atoms with van der Waals surface area (Å²) in [4.78, 5) is 35.4. The summed E-state index contributed by atoms with van der Waals surface area (Å²) in [5, 5.41) is 0. The Morgan fingerprint density at radius 3 is 1.71 bits per heavy atom. The monoisotopic (exact) mass is 306 g/mol. The van der Waals surface area contributed by atoms with Crippen LogP contribution in [0.4, 0.5) is 0 Å². The average Bonchev–Trinajstić information content (AvgIpc) is 2.47. The first kappa shape index (κ1) is 19.3. The number of hydrogen-bond donors (Lipinski definition) is 0. The highest BCUT2D eigenvalue weighted by molar-refractivity contribution is 6.00. The molecule has 21 heavy (non-hydrogen) atoms. The lowest BCUT2D eigenvalue weighted by atomic mass is 9.90. The highest BCUT2D eigenvalue weighted by Crippen LogP contribution is 2.22. The zero-order valence-corrected chi connectivity index (χ0v) is 13.0. The number of carbonyl (C=O) groups is 3. The summed E-state index contributed by atoms with van der Waals surface area (Å²) in [6.07, 6.45) is -1.34. The van der Waals surface area contributed by atoms with E-state index >= 15 is 0 Å². The van der Waals surface area contributed by atoms with Crippen LogP contribution in [0.15, 0.2) is 0 Å². The molecule has 0 atom stereocenters. The van der Waals surface area contributed by atoms with Crippen LogP contribution in [0.25, 0.3) is 0 Å². The maximum Gasteiger partial charge on any atom is 0.361 e. The van der Waals surface area contributed by atoms with Gasteiger partial charge in [-0.1, -0.05) is 6.92 Å². The molecule has 0 heterocycles. The van der Waals surface area contributed by atoms with Crippen LogP contribution in [0.2, 0.25) is 0 Å². The summed E-state index contributed by atoms with van der Waals surface area (Å²) < 4.78 is 23.3. The molecular formula is C13H22O8. The van der Waals surface area contributed by atoms with Gasteiger partial charge in [-0.2, -0.15) is 0 Å². The maximum atomic E-state index is 12.0. The molecule has 0 spiro atoms. The van der Waals surface area contributed by atoms with Gasteiger partial charge in [0.25, 0.3) is 6.10 Å². The number of hydrogen-bond acceptors (Lipinski definition) is 8. The van der Waals surface area contributed by atoms with Gasteiger partial charge in [-0.05, 0) is 20.3 Å². The Balaban J connectivity index is 4.91. The number of methoxy groups -OCH3 is 2. The molecule has 0 saturated carbocycles. The minimum Gasteiger partial charge on any atom is -0.438 e. The zero-order chi connectivity index (χ0) is 16.5. The Hall–Kier alpha value is -1.67. The lowest BCUT2D eigenvalue weighted by Crippen LogP contribution is -2.41. The fraction of sp³-hybridized carbons (Fsp3) is 0.769. The SMILES string of the molecule is CCC(C)(C)C(=O)OC(C(=O)OCOC)C(=O)OCOC. The first-order chi connectivity index (χ1) is 9.80. The molecule has 0 fully saturated rings. The average molecular weight is 306 g/mol. The van der Waals surface area contributed by atoms with Gasteiger partial charge >= 0.3 is 17.9 Å². The van der Waals surface area contributed by atoms with Gasteiger partial charge in [0.1, 0.15) is 0 Å². The highest BCUT2D eigenvalue weighted by atomic mass is 16.7. The van der Waals surface area contributed by atoms with Crippen molar-refractivity contribution in [2.24, 2.45) is 5.41 Å². The topological polar surface area (TPSA) is 97.4 Å². The Kier molecular flexibility index (Phi) is 8.56. The molecule has 0 aliphatic heterocycles. The summed E-state index contributed by atoms with van der Waals surface area (Å²) in [5.74, 6) is -2.85. The lowest BCUT2D eigenvalue weighted by Gasteiger charge is -2.23. The molecule has 0 radical (unpaired) electrons. The largest absolute Gasteiger partial charge is 0.438 e. The molecule has 0 aromatic heterocycles. The molecule has 0 saturated heterocycles. The smallest absolute Gasteiger partial charge is 0.361 e. The Morgan fingerprint density at radius 1 is 0.952 bits per heavy atom. The standard InChI is InChI=1S/C13H22O8/c1-6-13(2,3)12(16)21-9(10(14)19-7-17-4)11(15)20-8-18-5/h9H,6-8H2,1-5H3. The molecule has 0 aromatic carbocycles. The molecule has 122 valence electrons. The van der Waals surface area contributed by atoms with E-state index in [1.54, 1.807) is 20.8 Å². The van der Waals surface area contributed by atoms with Crippen molar-refractivity contribution in [1.29, 1.82) is 0 Å². The van der Waals surface area contributed by atoms with E-state index in [4.69, 9.17) is 4.74 Å². The molecule has 0 amide bonds. The fourth-order valence-electron chi connectivity index (χ4n) is 0.989. The third-order valence-corrected chi connectivity index (χ3v) is 2.73. The van der Waals surface area contributed by atoms with Crippen LogP contribution in [-0.4, -0.2) is 51.8 Å². The Morgan fingerprint density at radius 2 is 1.38 bits per heavy atom. The predicted molar refractivity (Wildman–Crippen MR) is 69.9 cm³/mol. The van der Waals surface area contributed by atoms with Gasteiger partial charge in [0.15, 0.2) is 13.6 Å². The molecule has 0 aliphatic carbocycles. The number of rotatable bonds is 9. The maximum absolute atomic E-state index is 12.0. The molecule has 0 unspecified atom stereocenters. The molecule has 8 heteroatoms. The van der Waals surface area contributed by atoms with E-state index < -0.39 is 29.4 Å². The molecular weight excluding hydrogens is 284 g/mol. The van der Waals surface area contributed by atoms with Crippen molar-refractivity contribution in [2.75, 3.05) is 27.8 Å². The minimum atomic E-state index is -1.81. The second-order valence-electron chi connectivity index (χ2n) is 4.76. The molecule has 0 aliphatic rings. The van der Waals surface area contributed by atoms with E-state index in [9.17, 15) is 14.4 Å². The van der Waals surface area contributed by atoms with E-state index in [0.29, 0.717) is 6.42 Å². The first-order valence-corrected chi connectivity index (χ1v) is 6.32. The molecule has 8 nitrogen and oxygen atoms in total. The van der Waals surface area contributed by atoms with Crippen LogP contribution in [0.1, 0.15) is 27.2 Å². The van der Waals surface area contributed by atoms with Crippen LogP contribution >= 0.6 is 0 Å². The first-order valence-electron chi connectivity index (χ1n) is 6.32. The normalized spacial score (nSPS) is 11.1. The summed E-state index contributed by atoms with van der Waals surface area (Å²) in [6, 6.07) is 0. The zero-order valence-electron chi connectivity index (χ0n) is 13.0. The molecule has 0 N–H and O–H groups in total. The van der Waals surface area contributed by atoms with Crippen molar-refractivity contribution < 1.29 is 38.1 Å². The van der Waals surface area contributed by atoms with E-state index in [2.05, 4.69) is 18.9 Å². The Bertz CT molecular complexity index is 343. The minimum absolute atomic E-state index is 0.373. The van der Waals surface area contributed by atoms with Gasteiger partial charge in [0.05, 0.1) is 5.41 Å². The third kappa shape index (κ3) is 6.54. The van der Waals surface area contributed by atoms with Crippen LogP contribution < -0.4 is 0 Å². The van der Waals surface area contributed by atoms with Crippen LogP contribution in [0.5, 0.6) is 0 Å². The van der Waals surface area contributed by atoms with Crippen molar-refractivity contribution in [3.8, 4) is 0 Å². The summed E-state index contributed by atoms with van der Waals surface area (Å²) in [5.41, 5.74) is -0.846. The van der Waals surface area contributed by atoms with Crippen LogP contribution in [-0.2, 0) is 38.1 Å². The highest BCUT2D eigenvalue weighted by Gasteiger charge is 2.38. The third-order valence-electron chi connectivity index (χ3n) is 2.73. The van der Waals surface area contributed by atoms with Crippen molar-refractivity contribution in [3.63, 3.8) is 0 Å². The van der Waals surface area contributed by atoms with E-state index in [-0.39, 0.29) is 13.6 Å². The van der Waals surface area contributed by atoms with E-state index in [0.717, 1.165) is 0 Å². The van der Waals surface area contributed by atoms with Gasteiger partial charge in [-0.3, -0.25) is 4.79 Å². The lowest BCUT2D eigenvalue weighted by molar-refractivity contribution is -0.192. The summed E-state index contributed by atoms with van der Waals surface area (Å²) in [7, 11) is 2.61. The second-order valence-corrected chi connectivity index (χ2v) is 4.76. The fourth-order valence-corrected chi connectivity index (χ4v) is 0.989. The van der Waals surface area contributed by atoms with E-state index in [1.807, 2.05) is 0 Å². The van der Waals surface area contributed by atoms with Crippen molar-refractivity contribution in [2.45, 2.75) is 33.3 Å². The summed E-state index contributed by atoms with van der Waals surface area (Å²) in [6.45, 7) is 4.30. The summed E-state index contributed by atoms with van der Waals surface area (Å²) >= 11 is 0. The quantitative estimate of drug-likeness (QED) is 0.265. The van der Waals surface area contributed by atoms with Gasteiger partial charge in [-0.25, -0.2) is 9.59 Å². The number of ether oxygens (including phenoxy) is 5. The van der Waals surface area contributed by atoms with Gasteiger partial charge in [0, 0.05) is 14.2 Å². The number of carbonyl (C=O) groups excluding carboxylic acids is 3. The van der Waals surface area contributed by atoms with Crippen molar-refractivity contribution in [3.05, 3.63) is 0 Å². The molecule has 0 aromatic rings. The van der Waals surface area contributed by atoms with Gasteiger partial charge < -0.3 is 23.7 Å². The molecule has 0 rings (SSSR count). The van der Waals surface area contributed by atoms with Crippen molar-refractivity contribution in [1.82, 2.24) is 0 Å². The van der Waals surface area contributed by atoms with Crippen molar-refractivity contribution >= 4 is 17.9 Å². The Labute approximate surface area is 123 Å². The van der Waals surface area contributed by atoms with Crippen LogP contribution in [0, 0.1) is 5.41 Å². The van der Waals surface area contributed by atoms with Gasteiger partial charge in [0.2, 0.25) is 0 Å². The van der Waals surface area contributed by atoms with Gasteiger partial charge in [-0.15, -0.1) is 0 Å². The van der Waals surface area contributed by atoms with E-state index in [1.165, 1.54) is 14.2 Å².